The molecule has 0 aliphatic rings. The molecule has 0 saturated heterocycles. The summed E-state index contributed by atoms with van der Waals surface area (Å²) in [6.07, 6.45) is -0.737. The van der Waals surface area contributed by atoms with Crippen LogP contribution in [0.15, 0.2) is 24.3 Å². The summed E-state index contributed by atoms with van der Waals surface area (Å²) in [6, 6.07) is 5.70. The Labute approximate surface area is 110 Å². The van der Waals surface area contributed by atoms with E-state index in [-0.39, 0.29) is 17.3 Å². The van der Waals surface area contributed by atoms with E-state index in [0.717, 1.165) is 0 Å². The van der Waals surface area contributed by atoms with E-state index in [0.29, 0.717) is 13.2 Å². The maximum atomic E-state index is 11.6. The molecule has 1 atom stereocenters. The molecule has 1 amide bonds. The van der Waals surface area contributed by atoms with Gasteiger partial charge in [-0.2, -0.15) is 0 Å². The molecule has 0 aliphatic heterocycles. The van der Waals surface area contributed by atoms with Gasteiger partial charge in [0.2, 0.25) is 0 Å². The Bertz CT molecular complexity index is 450. The molecular weight excluding hydrogens is 252 g/mol. The predicted octanol–water partition coefficient (Wildman–Crippen LogP) is 1.12. The van der Waals surface area contributed by atoms with Crippen molar-refractivity contribution in [1.82, 2.24) is 5.32 Å². The molecule has 1 aromatic rings. The molecule has 1 aromatic carbocycles. The second-order valence-electron chi connectivity index (χ2n) is 3.80. The zero-order chi connectivity index (χ0) is 14.3. The molecule has 0 aromatic heterocycles. The zero-order valence-electron chi connectivity index (χ0n) is 10.8. The van der Waals surface area contributed by atoms with Crippen LogP contribution >= 0.6 is 0 Å². The first-order chi connectivity index (χ1) is 9.04. The highest BCUT2D eigenvalue weighted by atomic mass is 16.6. The lowest BCUT2D eigenvalue weighted by Crippen LogP contribution is -2.37. The molecule has 19 heavy (non-hydrogen) atoms. The summed E-state index contributed by atoms with van der Waals surface area (Å²) in [6.45, 7) is 2.37. The third-order valence-corrected chi connectivity index (χ3v) is 2.32. The van der Waals surface area contributed by atoms with Crippen LogP contribution in [0, 0.1) is 10.1 Å². The number of nitrogens with one attached hydrogen (secondary N) is 1. The number of non-ortho nitro benzene ring substituents is 1. The summed E-state index contributed by atoms with van der Waals surface area (Å²) in [5.41, 5.74) is -0.0792. The highest BCUT2D eigenvalue weighted by Crippen LogP contribution is 2.20. The monoisotopic (exact) mass is 268 g/mol. The first-order valence-corrected chi connectivity index (χ1v) is 5.72. The standard InChI is InChI=1S/C12H16N2O5/c1-9(12(15)13-6-7-18-2)19-11-5-3-4-10(8-11)14(16)17/h3-5,8-9H,6-7H2,1-2H3,(H,13,15)/t9-/m0/s1. The number of nitrogens with zero attached hydrogens (tertiary/aromatic N) is 1. The van der Waals surface area contributed by atoms with Crippen molar-refractivity contribution in [3.63, 3.8) is 0 Å². The van der Waals surface area contributed by atoms with Gasteiger partial charge < -0.3 is 14.8 Å². The van der Waals surface area contributed by atoms with E-state index < -0.39 is 11.0 Å². The van der Waals surface area contributed by atoms with Crippen LogP contribution in [-0.4, -0.2) is 37.2 Å². The normalized spacial score (nSPS) is 11.7. The first kappa shape index (κ1) is 14.9. The fourth-order valence-corrected chi connectivity index (χ4v) is 1.35. The van der Waals surface area contributed by atoms with Gasteiger partial charge in [0.1, 0.15) is 5.75 Å². The lowest BCUT2D eigenvalue weighted by atomic mass is 10.3. The Morgan fingerprint density at radius 2 is 2.26 bits per heavy atom. The number of carbonyl (C=O) groups is 1. The average molecular weight is 268 g/mol. The molecule has 104 valence electrons. The molecule has 7 heteroatoms. The minimum Gasteiger partial charge on any atom is -0.481 e. The zero-order valence-corrected chi connectivity index (χ0v) is 10.8. The Morgan fingerprint density at radius 3 is 2.89 bits per heavy atom. The van der Waals surface area contributed by atoms with Crippen molar-refractivity contribution >= 4 is 11.6 Å². The largest absolute Gasteiger partial charge is 0.481 e. The number of methoxy groups -OCH3 is 1. The van der Waals surface area contributed by atoms with Gasteiger partial charge in [0.15, 0.2) is 6.10 Å². The maximum absolute atomic E-state index is 11.6. The van der Waals surface area contributed by atoms with Crippen LogP contribution in [0.4, 0.5) is 5.69 Å². The molecule has 0 bridgehead atoms. The molecule has 0 spiro atoms. The Morgan fingerprint density at radius 1 is 1.53 bits per heavy atom. The topological polar surface area (TPSA) is 90.7 Å². The van der Waals surface area contributed by atoms with Crippen molar-refractivity contribution in [2.75, 3.05) is 20.3 Å². The Kier molecular flexibility index (Phi) is 5.74. The van der Waals surface area contributed by atoms with Gasteiger partial charge in [-0.05, 0) is 13.0 Å². The van der Waals surface area contributed by atoms with Gasteiger partial charge in [0, 0.05) is 19.7 Å². The molecule has 0 saturated carbocycles. The first-order valence-electron chi connectivity index (χ1n) is 5.72. The minimum atomic E-state index is -0.737. The Hall–Kier alpha value is -2.15. The quantitative estimate of drug-likeness (QED) is 0.454. The second kappa shape index (κ2) is 7.32. The third kappa shape index (κ3) is 4.92. The van der Waals surface area contributed by atoms with Crippen molar-refractivity contribution in [3.05, 3.63) is 34.4 Å². The van der Waals surface area contributed by atoms with E-state index in [9.17, 15) is 14.9 Å². The van der Waals surface area contributed by atoms with Gasteiger partial charge in [-0.25, -0.2) is 0 Å². The maximum Gasteiger partial charge on any atom is 0.273 e. The SMILES string of the molecule is COCCNC(=O)[C@H](C)Oc1cccc([N+](=O)[O-])c1. The molecule has 7 nitrogen and oxygen atoms in total. The van der Waals surface area contributed by atoms with E-state index in [4.69, 9.17) is 9.47 Å². The van der Waals surface area contributed by atoms with Gasteiger partial charge in [0.25, 0.3) is 11.6 Å². The van der Waals surface area contributed by atoms with Crippen molar-refractivity contribution in [2.24, 2.45) is 0 Å². The van der Waals surface area contributed by atoms with Gasteiger partial charge in [0.05, 0.1) is 17.6 Å². The summed E-state index contributed by atoms with van der Waals surface area (Å²) in [5.74, 6) is -0.0212. The van der Waals surface area contributed by atoms with Crippen LogP contribution in [0.3, 0.4) is 0 Å². The molecule has 0 unspecified atom stereocenters. The summed E-state index contributed by atoms with van der Waals surface area (Å²) >= 11 is 0. The van der Waals surface area contributed by atoms with Gasteiger partial charge in [-0.15, -0.1) is 0 Å². The van der Waals surface area contributed by atoms with Crippen molar-refractivity contribution in [1.29, 1.82) is 0 Å². The molecule has 0 fully saturated rings. The van der Waals surface area contributed by atoms with Crippen LogP contribution in [-0.2, 0) is 9.53 Å². The molecule has 1 N–H and O–H groups in total. The smallest absolute Gasteiger partial charge is 0.273 e. The number of rotatable bonds is 7. The lowest BCUT2D eigenvalue weighted by Gasteiger charge is -2.14. The number of ether oxygens (including phenoxy) is 2. The van der Waals surface area contributed by atoms with E-state index in [2.05, 4.69) is 5.32 Å². The average Bonchev–Trinajstić information content (AvgIpc) is 2.39. The van der Waals surface area contributed by atoms with Crippen molar-refractivity contribution < 1.29 is 19.2 Å². The fraction of sp³-hybridized carbons (Fsp3) is 0.417. The van der Waals surface area contributed by atoms with Gasteiger partial charge in [-0.1, -0.05) is 6.07 Å². The highest BCUT2D eigenvalue weighted by molar-refractivity contribution is 5.80. The number of nitro benzene ring substituents is 1. The van der Waals surface area contributed by atoms with Crippen LogP contribution < -0.4 is 10.1 Å². The second-order valence-corrected chi connectivity index (χ2v) is 3.80. The van der Waals surface area contributed by atoms with Gasteiger partial charge in [-0.3, -0.25) is 14.9 Å². The minimum absolute atomic E-state index is 0.0792. The van der Waals surface area contributed by atoms with E-state index in [1.165, 1.54) is 25.3 Å². The van der Waals surface area contributed by atoms with Crippen LogP contribution in [0.25, 0.3) is 0 Å². The third-order valence-electron chi connectivity index (χ3n) is 2.32. The number of nitro groups is 1. The van der Waals surface area contributed by atoms with Crippen LogP contribution in [0.2, 0.25) is 0 Å². The van der Waals surface area contributed by atoms with Crippen LogP contribution in [0.5, 0.6) is 5.75 Å². The van der Waals surface area contributed by atoms with E-state index in [1.54, 1.807) is 13.0 Å². The van der Waals surface area contributed by atoms with Crippen molar-refractivity contribution in [3.8, 4) is 5.75 Å². The summed E-state index contributed by atoms with van der Waals surface area (Å²) < 4.78 is 10.1. The number of hydrogen-bond donors (Lipinski definition) is 1. The number of benzene rings is 1. The summed E-state index contributed by atoms with van der Waals surface area (Å²) in [7, 11) is 1.54. The Balaban J connectivity index is 2.56. The molecule has 0 aliphatic carbocycles. The lowest BCUT2D eigenvalue weighted by molar-refractivity contribution is -0.384. The number of amides is 1. The van der Waals surface area contributed by atoms with Crippen LogP contribution in [0.1, 0.15) is 6.92 Å². The van der Waals surface area contributed by atoms with Gasteiger partial charge >= 0.3 is 0 Å². The van der Waals surface area contributed by atoms with E-state index in [1.807, 2.05) is 0 Å². The number of hydrogen-bond acceptors (Lipinski definition) is 5. The molecule has 0 heterocycles. The van der Waals surface area contributed by atoms with Crippen molar-refractivity contribution in [2.45, 2.75) is 13.0 Å². The summed E-state index contributed by atoms with van der Waals surface area (Å²) in [4.78, 5) is 21.7. The molecule has 1 rings (SSSR count). The summed E-state index contributed by atoms with van der Waals surface area (Å²) in [5, 5.41) is 13.2. The fourth-order valence-electron chi connectivity index (χ4n) is 1.35. The molecule has 0 radical (unpaired) electrons. The predicted molar refractivity (Wildman–Crippen MR) is 68.1 cm³/mol. The molecular formula is C12H16N2O5. The highest BCUT2D eigenvalue weighted by Gasteiger charge is 2.15. The van der Waals surface area contributed by atoms with E-state index >= 15 is 0 Å². The number of carbonyl (C=O) groups excluding carboxylic acids is 1.